The Morgan fingerprint density at radius 3 is 2.71 bits per heavy atom. The molecule has 1 aliphatic rings. The van der Waals surface area contributed by atoms with Gasteiger partial charge in [-0.25, -0.2) is 0 Å². The molecule has 0 aromatic heterocycles. The Kier molecular flexibility index (Phi) is 3.31. The van der Waals surface area contributed by atoms with Crippen LogP contribution in [0.3, 0.4) is 0 Å². The van der Waals surface area contributed by atoms with Crippen molar-refractivity contribution < 1.29 is 14.3 Å². The van der Waals surface area contributed by atoms with Crippen LogP contribution >= 0.6 is 0 Å². The zero-order valence-electron chi connectivity index (χ0n) is 11.3. The lowest BCUT2D eigenvalue weighted by molar-refractivity contribution is -0.130. The third-order valence-electron chi connectivity index (χ3n) is 3.31. The first-order valence-electron chi connectivity index (χ1n) is 6.56. The number of carbonyl (C=O) groups excluding carboxylic acids is 2. The molecule has 21 heavy (non-hydrogen) atoms. The maximum absolute atomic E-state index is 12.5. The highest BCUT2D eigenvalue weighted by atomic mass is 16.5. The lowest BCUT2D eigenvalue weighted by Gasteiger charge is -2.18. The molecule has 0 unspecified atom stereocenters. The van der Waals surface area contributed by atoms with Gasteiger partial charge in [0.2, 0.25) is 0 Å². The quantitative estimate of drug-likeness (QED) is 0.673. The van der Waals surface area contributed by atoms with E-state index < -0.39 is 0 Å². The van der Waals surface area contributed by atoms with Crippen LogP contribution in [0.2, 0.25) is 0 Å². The Morgan fingerprint density at radius 2 is 1.90 bits per heavy atom. The van der Waals surface area contributed by atoms with Gasteiger partial charge in [0, 0.05) is 5.69 Å². The summed E-state index contributed by atoms with van der Waals surface area (Å²) in [6.45, 7) is 0.0332. The molecular formula is C16H14N2O3. The molecule has 0 saturated carbocycles. The van der Waals surface area contributed by atoms with Crippen LogP contribution in [0.4, 0.5) is 5.69 Å². The number of imide groups is 1. The number of amides is 2. The number of nitrogens with two attached hydrogens (primary N) is 1. The van der Waals surface area contributed by atoms with Crippen molar-refractivity contribution in [1.29, 1.82) is 0 Å². The summed E-state index contributed by atoms with van der Waals surface area (Å²) in [4.78, 5) is 25.9. The van der Waals surface area contributed by atoms with Gasteiger partial charge in [-0.05, 0) is 29.8 Å². The van der Waals surface area contributed by atoms with Crippen molar-refractivity contribution in [2.45, 2.75) is 6.54 Å². The Balaban J connectivity index is 1.94. The van der Waals surface area contributed by atoms with E-state index in [0.29, 0.717) is 17.0 Å². The molecule has 0 spiro atoms. The minimum Gasteiger partial charge on any atom is -0.483 e. The van der Waals surface area contributed by atoms with Crippen molar-refractivity contribution in [1.82, 2.24) is 4.90 Å². The highest BCUT2D eigenvalue weighted by molar-refractivity contribution is 6.07. The topological polar surface area (TPSA) is 72.6 Å². The number of hydrogen-bond donors (Lipinski definition) is 1. The number of carbonyl (C=O) groups is 2. The minimum atomic E-state index is -0.362. The Labute approximate surface area is 121 Å². The first-order valence-corrected chi connectivity index (χ1v) is 6.56. The van der Waals surface area contributed by atoms with Crippen molar-refractivity contribution in [3.8, 4) is 5.75 Å². The number of rotatable bonds is 2. The van der Waals surface area contributed by atoms with E-state index in [9.17, 15) is 9.59 Å². The molecule has 5 heteroatoms. The largest absolute Gasteiger partial charge is 0.483 e. The zero-order chi connectivity index (χ0) is 14.8. The van der Waals surface area contributed by atoms with E-state index >= 15 is 0 Å². The van der Waals surface area contributed by atoms with E-state index in [4.69, 9.17) is 10.5 Å². The second-order valence-electron chi connectivity index (χ2n) is 4.81. The molecule has 0 atom stereocenters. The molecule has 0 aliphatic carbocycles. The van der Waals surface area contributed by atoms with Gasteiger partial charge in [0.05, 0.1) is 12.1 Å². The van der Waals surface area contributed by atoms with E-state index in [1.807, 2.05) is 6.07 Å². The number of anilines is 1. The van der Waals surface area contributed by atoms with E-state index in [2.05, 4.69) is 0 Å². The molecule has 2 N–H and O–H groups in total. The van der Waals surface area contributed by atoms with E-state index in [1.165, 1.54) is 4.90 Å². The van der Waals surface area contributed by atoms with Crippen LogP contribution in [-0.2, 0) is 11.3 Å². The summed E-state index contributed by atoms with van der Waals surface area (Å²) in [6.07, 6.45) is 0. The lowest BCUT2D eigenvalue weighted by atomic mass is 10.1. The number of para-hydroxylation sites is 1. The second-order valence-corrected chi connectivity index (χ2v) is 4.81. The molecule has 2 aromatic carbocycles. The molecule has 0 saturated heterocycles. The van der Waals surface area contributed by atoms with Crippen molar-refractivity contribution >= 4 is 17.5 Å². The third kappa shape index (κ3) is 2.58. The average molecular weight is 282 g/mol. The molecule has 3 rings (SSSR count). The van der Waals surface area contributed by atoms with E-state index in [1.54, 1.807) is 42.5 Å². The van der Waals surface area contributed by atoms with Crippen molar-refractivity contribution in [2.24, 2.45) is 0 Å². The molecule has 2 amide bonds. The second kappa shape index (κ2) is 5.28. The van der Waals surface area contributed by atoms with Gasteiger partial charge in [-0.2, -0.15) is 0 Å². The first-order chi connectivity index (χ1) is 10.1. The van der Waals surface area contributed by atoms with Crippen molar-refractivity contribution in [2.75, 3.05) is 12.3 Å². The number of hydrogen-bond acceptors (Lipinski definition) is 4. The molecule has 0 bridgehead atoms. The normalized spacial score (nSPS) is 14.4. The fraction of sp³-hybridized carbons (Fsp3) is 0.125. The predicted octanol–water partition coefficient (Wildman–Crippen LogP) is 1.83. The summed E-state index contributed by atoms with van der Waals surface area (Å²) < 4.78 is 5.39. The fourth-order valence-electron chi connectivity index (χ4n) is 2.28. The van der Waals surface area contributed by atoms with Crippen molar-refractivity contribution in [3.63, 3.8) is 0 Å². The van der Waals surface area contributed by atoms with Crippen LogP contribution in [-0.4, -0.2) is 23.3 Å². The molecule has 106 valence electrons. The summed E-state index contributed by atoms with van der Waals surface area (Å²) in [5.41, 5.74) is 7.52. The molecular weight excluding hydrogens is 268 g/mol. The average Bonchev–Trinajstić information content (AvgIpc) is 2.60. The number of benzene rings is 2. The summed E-state index contributed by atoms with van der Waals surface area (Å²) in [6, 6.07) is 14.0. The van der Waals surface area contributed by atoms with Gasteiger partial charge in [-0.3, -0.25) is 14.5 Å². The maximum Gasteiger partial charge on any atom is 0.267 e. The SMILES string of the molecule is Nc1cccc(CN2C(=O)COc3ccccc3C2=O)c1. The van der Waals surface area contributed by atoms with Gasteiger partial charge in [-0.1, -0.05) is 24.3 Å². The van der Waals surface area contributed by atoms with Gasteiger partial charge in [0.25, 0.3) is 11.8 Å². The van der Waals surface area contributed by atoms with Crippen molar-refractivity contribution in [3.05, 3.63) is 59.7 Å². The molecule has 1 aliphatic heterocycles. The first kappa shape index (κ1) is 13.2. The summed E-state index contributed by atoms with van der Waals surface area (Å²) in [5, 5.41) is 0. The Hall–Kier alpha value is -2.82. The number of fused-ring (bicyclic) bond motifs is 1. The zero-order valence-corrected chi connectivity index (χ0v) is 11.3. The minimum absolute atomic E-state index is 0.148. The highest BCUT2D eigenvalue weighted by Crippen LogP contribution is 2.24. The van der Waals surface area contributed by atoms with E-state index in [-0.39, 0.29) is 25.0 Å². The maximum atomic E-state index is 12.5. The number of ether oxygens (including phenoxy) is 1. The Bertz CT molecular complexity index is 712. The number of nitrogens with zero attached hydrogens (tertiary/aromatic N) is 1. The summed E-state index contributed by atoms with van der Waals surface area (Å²) >= 11 is 0. The molecule has 2 aromatic rings. The molecule has 0 fully saturated rings. The standard InChI is InChI=1S/C16H14N2O3/c17-12-5-3-4-11(8-12)9-18-15(19)10-21-14-7-2-1-6-13(14)16(18)20/h1-8H,9-10,17H2. The third-order valence-corrected chi connectivity index (χ3v) is 3.31. The Morgan fingerprint density at radius 1 is 1.10 bits per heavy atom. The highest BCUT2D eigenvalue weighted by Gasteiger charge is 2.29. The van der Waals surface area contributed by atoms with E-state index in [0.717, 1.165) is 5.56 Å². The predicted molar refractivity (Wildman–Crippen MR) is 77.7 cm³/mol. The van der Waals surface area contributed by atoms with Crippen LogP contribution < -0.4 is 10.5 Å². The monoisotopic (exact) mass is 282 g/mol. The molecule has 5 nitrogen and oxygen atoms in total. The lowest BCUT2D eigenvalue weighted by Crippen LogP contribution is -2.37. The van der Waals surface area contributed by atoms with Crippen LogP contribution in [0.15, 0.2) is 48.5 Å². The molecule has 0 radical (unpaired) electrons. The smallest absolute Gasteiger partial charge is 0.267 e. The van der Waals surface area contributed by atoms with Crippen LogP contribution in [0.25, 0.3) is 0 Å². The van der Waals surface area contributed by atoms with Gasteiger partial charge >= 0.3 is 0 Å². The van der Waals surface area contributed by atoms with Crippen LogP contribution in [0.1, 0.15) is 15.9 Å². The van der Waals surface area contributed by atoms with Gasteiger partial charge in [0.1, 0.15) is 5.75 Å². The molecule has 1 heterocycles. The van der Waals surface area contributed by atoms with Gasteiger partial charge in [0.15, 0.2) is 6.61 Å². The summed E-state index contributed by atoms with van der Waals surface area (Å²) in [5.74, 6) is -0.278. The van der Waals surface area contributed by atoms with Crippen LogP contribution in [0, 0.1) is 0 Å². The van der Waals surface area contributed by atoms with Gasteiger partial charge in [-0.15, -0.1) is 0 Å². The summed E-state index contributed by atoms with van der Waals surface area (Å²) in [7, 11) is 0. The number of nitrogen functional groups attached to an aromatic ring is 1. The van der Waals surface area contributed by atoms with Crippen LogP contribution in [0.5, 0.6) is 5.75 Å². The van der Waals surface area contributed by atoms with Gasteiger partial charge < -0.3 is 10.5 Å². The fourth-order valence-corrected chi connectivity index (χ4v) is 2.28.